The summed E-state index contributed by atoms with van der Waals surface area (Å²) in [5.41, 5.74) is 1.08. The normalized spacial score (nSPS) is 12.7. The molecule has 6 nitrogen and oxygen atoms in total. The molecule has 0 aliphatic carbocycles. The van der Waals surface area contributed by atoms with Crippen molar-refractivity contribution >= 4 is 21.7 Å². The van der Waals surface area contributed by atoms with Crippen molar-refractivity contribution in [3.05, 3.63) is 35.4 Å². The Kier molecular flexibility index (Phi) is 6.75. The number of rotatable bonds is 8. The van der Waals surface area contributed by atoms with E-state index in [2.05, 4.69) is 0 Å². The molecule has 7 heteroatoms. The summed E-state index contributed by atoms with van der Waals surface area (Å²) in [6.07, 6.45) is 1.90. The maximum atomic E-state index is 12.3. The number of nitrogens with zero attached hydrogens (tertiary/aromatic N) is 1. The highest BCUT2D eigenvalue weighted by Crippen LogP contribution is 2.10. The fraction of sp³-hybridized carbons (Fsp3) is 0.500. The molecule has 23 heavy (non-hydrogen) atoms. The first-order valence-corrected chi connectivity index (χ1v) is 9.49. The van der Waals surface area contributed by atoms with Crippen LogP contribution in [0.4, 0.5) is 0 Å². The maximum absolute atomic E-state index is 12.3. The minimum atomic E-state index is -3.14. The molecule has 0 fully saturated rings. The lowest BCUT2D eigenvalue weighted by Gasteiger charge is -2.27. The smallest absolute Gasteiger partial charge is 0.335 e. The van der Waals surface area contributed by atoms with E-state index in [4.69, 9.17) is 5.11 Å². The number of benzene rings is 1. The van der Waals surface area contributed by atoms with Gasteiger partial charge in [0.15, 0.2) is 0 Å². The summed E-state index contributed by atoms with van der Waals surface area (Å²) in [7, 11) is -3.14. The number of carboxylic acids is 1. The number of hydrogen-bond acceptors (Lipinski definition) is 4. The Bertz CT molecular complexity index is 652. The van der Waals surface area contributed by atoms with Gasteiger partial charge >= 0.3 is 5.97 Å². The average molecular weight is 341 g/mol. The summed E-state index contributed by atoms with van der Waals surface area (Å²) in [4.78, 5) is 24.6. The van der Waals surface area contributed by atoms with Crippen LogP contribution in [0.25, 0.3) is 0 Å². The molecule has 1 aromatic carbocycles. The molecule has 1 N–H and O–H groups in total. The zero-order valence-electron chi connectivity index (χ0n) is 13.7. The van der Waals surface area contributed by atoms with E-state index in [0.29, 0.717) is 13.0 Å². The van der Waals surface area contributed by atoms with Gasteiger partial charge in [-0.3, -0.25) is 4.79 Å². The van der Waals surface area contributed by atoms with E-state index >= 15 is 0 Å². The van der Waals surface area contributed by atoms with E-state index in [0.717, 1.165) is 11.8 Å². The van der Waals surface area contributed by atoms with Gasteiger partial charge in [-0.15, -0.1) is 0 Å². The zero-order chi connectivity index (χ0) is 17.6. The van der Waals surface area contributed by atoms with Gasteiger partial charge in [0.25, 0.3) is 0 Å². The van der Waals surface area contributed by atoms with Gasteiger partial charge in [-0.05, 0) is 38.0 Å². The molecule has 0 saturated carbocycles. The third-order valence-corrected chi connectivity index (χ3v) is 4.65. The van der Waals surface area contributed by atoms with Crippen LogP contribution >= 0.6 is 0 Å². The van der Waals surface area contributed by atoms with Crippen molar-refractivity contribution in [3.63, 3.8) is 0 Å². The number of carboxylic acid groups (broad SMARTS) is 1. The molecule has 128 valence electrons. The quantitative estimate of drug-likeness (QED) is 0.775. The van der Waals surface area contributed by atoms with Crippen LogP contribution in [0, 0.1) is 0 Å². The summed E-state index contributed by atoms with van der Waals surface area (Å²) in [6.45, 7) is 4.00. The summed E-state index contributed by atoms with van der Waals surface area (Å²) < 4.78 is 22.7. The minimum absolute atomic E-state index is 0.0557. The second kappa shape index (κ2) is 8.10. The summed E-state index contributed by atoms with van der Waals surface area (Å²) >= 11 is 0. The van der Waals surface area contributed by atoms with Crippen molar-refractivity contribution in [2.24, 2.45) is 0 Å². The van der Waals surface area contributed by atoms with Gasteiger partial charge in [-0.2, -0.15) is 0 Å². The first-order chi connectivity index (χ1) is 10.6. The van der Waals surface area contributed by atoms with Crippen LogP contribution in [0.2, 0.25) is 0 Å². The summed E-state index contributed by atoms with van der Waals surface area (Å²) in [5, 5.41) is 8.84. The van der Waals surface area contributed by atoms with E-state index in [1.54, 1.807) is 24.0 Å². The number of sulfone groups is 1. The van der Waals surface area contributed by atoms with Crippen LogP contribution in [0.1, 0.15) is 36.2 Å². The Morgan fingerprint density at radius 3 is 2.22 bits per heavy atom. The van der Waals surface area contributed by atoms with Crippen LogP contribution in [-0.2, 0) is 21.1 Å². The molecule has 0 spiro atoms. The van der Waals surface area contributed by atoms with Crippen molar-refractivity contribution in [1.29, 1.82) is 0 Å². The molecule has 0 bridgehead atoms. The van der Waals surface area contributed by atoms with Crippen LogP contribution in [0.15, 0.2) is 24.3 Å². The van der Waals surface area contributed by atoms with Gasteiger partial charge in [-0.1, -0.05) is 12.1 Å². The SMILES string of the molecule is CCN(C(=O)CCc1ccc(C(=O)O)cc1)C(C)CS(C)(=O)=O. The molecule has 1 amide bonds. The van der Waals surface area contributed by atoms with Crippen molar-refractivity contribution in [3.8, 4) is 0 Å². The Balaban J connectivity index is 2.64. The van der Waals surface area contributed by atoms with Gasteiger partial charge in [-0.25, -0.2) is 13.2 Å². The predicted octanol–water partition coefficient (Wildman–Crippen LogP) is 1.60. The van der Waals surface area contributed by atoms with E-state index in [-0.39, 0.29) is 29.7 Å². The number of carbonyl (C=O) groups is 2. The molecule has 1 rings (SSSR count). The van der Waals surface area contributed by atoms with Crippen LogP contribution in [-0.4, -0.2) is 54.9 Å². The minimum Gasteiger partial charge on any atom is -0.478 e. The van der Waals surface area contributed by atoms with E-state index in [1.165, 1.54) is 12.1 Å². The zero-order valence-corrected chi connectivity index (χ0v) is 14.5. The highest BCUT2D eigenvalue weighted by molar-refractivity contribution is 7.90. The fourth-order valence-electron chi connectivity index (χ4n) is 2.47. The van der Waals surface area contributed by atoms with Crippen molar-refractivity contribution in [2.45, 2.75) is 32.7 Å². The lowest BCUT2D eigenvalue weighted by Crippen LogP contribution is -2.42. The number of aryl methyl sites for hydroxylation is 1. The number of amides is 1. The molecule has 0 radical (unpaired) electrons. The number of aromatic carboxylic acids is 1. The molecule has 0 heterocycles. The molecule has 1 unspecified atom stereocenters. The third kappa shape index (κ3) is 6.40. The Hall–Kier alpha value is -1.89. The van der Waals surface area contributed by atoms with E-state index < -0.39 is 15.8 Å². The topological polar surface area (TPSA) is 91.8 Å². The first kappa shape index (κ1) is 19.2. The average Bonchev–Trinajstić information content (AvgIpc) is 2.44. The van der Waals surface area contributed by atoms with Crippen molar-refractivity contribution in [2.75, 3.05) is 18.6 Å². The molecule has 0 saturated heterocycles. The summed E-state index contributed by atoms with van der Waals surface area (Å²) in [6, 6.07) is 6.02. The van der Waals surface area contributed by atoms with E-state index in [1.807, 2.05) is 6.92 Å². The largest absolute Gasteiger partial charge is 0.478 e. The van der Waals surface area contributed by atoms with Crippen LogP contribution < -0.4 is 0 Å². The second-order valence-electron chi connectivity index (χ2n) is 5.62. The fourth-order valence-corrected chi connectivity index (χ4v) is 3.53. The monoisotopic (exact) mass is 341 g/mol. The van der Waals surface area contributed by atoms with Gasteiger partial charge in [0, 0.05) is 25.3 Å². The Morgan fingerprint density at radius 1 is 1.22 bits per heavy atom. The van der Waals surface area contributed by atoms with E-state index in [9.17, 15) is 18.0 Å². The molecular formula is C16H23NO5S. The van der Waals surface area contributed by atoms with Gasteiger partial charge in [0.05, 0.1) is 11.3 Å². The van der Waals surface area contributed by atoms with Crippen molar-refractivity contribution < 1.29 is 23.1 Å². The maximum Gasteiger partial charge on any atom is 0.335 e. The first-order valence-electron chi connectivity index (χ1n) is 7.43. The Morgan fingerprint density at radius 2 is 1.78 bits per heavy atom. The van der Waals surface area contributed by atoms with Gasteiger partial charge < -0.3 is 10.0 Å². The highest BCUT2D eigenvalue weighted by atomic mass is 32.2. The van der Waals surface area contributed by atoms with Crippen LogP contribution in [0.5, 0.6) is 0 Å². The molecule has 0 aromatic heterocycles. The summed E-state index contributed by atoms with van der Waals surface area (Å²) in [5.74, 6) is -1.15. The van der Waals surface area contributed by atoms with Crippen LogP contribution in [0.3, 0.4) is 0 Å². The van der Waals surface area contributed by atoms with Gasteiger partial charge in [0.2, 0.25) is 5.91 Å². The lowest BCUT2D eigenvalue weighted by atomic mass is 10.1. The highest BCUT2D eigenvalue weighted by Gasteiger charge is 2.21. The second-order valence-corrected chi connectivity index (χ2v) is 7.81. The molecular weight excluding hydrogens is 318 g/mol. The third-order valence-electron chi connectivity index (χ3n) is 3.57. The Labute approximate surface area is 137 Å². The number of carbonyl (C=O) groups excluding carboxylic acids is 1. The molecule has 0 aliphatic rings. The van der Waals surface area contributed by atoms with Crippen molar-refractivity contribution in [1.82, 2.24) is 4.90 Å². The van der Waals surface area contributed by atoms with Gasteiger partial charge in [0.1, 0.15) is 9.84 Å². The predicted molar refractivity (Wildman–Crippen MR) is 88.3 cm³/mol. The molecule has 1 atom stereocenters. The lowest BCUT2D eigenvalue weighted by molar-refractivity contribution is -0.132. The number of hydrogen-bond donors (Lipinski definition) is 1. The molecule has 0 aliphatic heterocycles. The standard InChI is InChI=1S/C16H23NO5S/c1-4-17(12(2)11-23(3,21)22)15(18)10-7-13-5-8-14(9-6-13)16(19)20/h5-6,8-9,12H,4,7,10-11H2,1-3H3,(H,19,20). The molecule has 1 aromatic rings.